The van der Waals surface area contributed by atoms with Crippen molar-refractivity contribution in [2.24, 2.45) is 0 Å². The Bertz CT molecular complexity index is 2570. The van der Waals surface area contributed by atoms with E-state index in [1.165, 1.54) is 11.1 Å². The van der Waals surface area contributed by atoms with Gasteiger partial charge in [-0.1, -0.05) is 163 Å². The second-order valence-corrected chi connectivity index (χ2v) is 18.1. The third kappa shape index (κ3) is 4.69. The summed E-state index contributed by atoms with van der Waals surface area (Å²) in [4.78, 5) is 0. The predicted molar refractivity (Wildman–Crippen MR) is 230 cm³/mol. The normalized spacial score (nSPS) is 15.3. The van der Waals surface area contributed by atoms with Crippen molar-refractivity contribution < 1.29 is 18.3 Å². The first-order valence-electron chi connectivity index (χ1n) is 20.2. The van der Waals surface area contributed by atoms with Gasteiger partial charge >= 0.3 is 0 Å². The molecule has 0 saturated heterocycles. The Morgan fingerprint density at radius 1 is 0.345 bits per heavy atom. The van der Waals surface area contributed by atoms with Crippen LogP contribution in [0.5, 0.6) is 23.0 Å². The van der Waals surface area contributed by atoms with E-state index < -0.39 is 10.8 Å². The summed E-state index contributed by atoms with van der Waals surface area (Å²) < 4.78 is 28.7. The lowest BCUT2D eigenvalue weighted by Crippen LogP contribution is -2.46. The minimum atomic E-state index is -0.944. The Balaban J connectivity index is 1.31. The van der Waals surface area contributed by atoms with E-state index in [0.717, 1.165) is 90.5 Å². The highest BCUT2D eigenvalue weighted by Crippen LogP contribution is 2.68. The van der Waals surface area contributed by atoms with Gasteiger partial charge in [-0.05, 0) is 58.4 Å². The van der Waals surface area contributed by atoms with E-state index in [0.29, 0.717) is 0 Å². The van der Waals surface area contributed by atoms with E-state index in [4.69, 9.17) is 18.3 Å². The van der Waals surface area contributed by atoms with Crippen molar-refractivity contribution in [3.8, 4) is 45.6 Å². The largest absolute Gasteiger partial charge is 0.459 e. The van der Waals surface area contributed by atoms with Gasteiger partial charge in [0.05, 0.1) is 0 Å². The molecular formula is C54H44O4. The number of hydrogen-bond donors (Lipinski definition) is 0. The second-order valence-electron chi connectivity index (χ2n) is 18.1. The van der Waals surface area contributed by atoms with Crippen LogP contribution >= 0.6 is 0 Å². The Labute approximate surface area is 339 Å². The molecule has 2 aromatic heterocycles. The van der Waals surface area contributed by atoms with Crippen LogP contribution in [-0.2, 0) is 21.7 Å². The van der Waals surface area contributed by atoms with E-state index in [2.05, 4.69) is 175 Å². The van der Waals surface area contributed by atoms with E-state index >= 15 is 0 Å². The molecule has 0 unspecified atom stereocenters. The third-order valence-electron chi connectivity index (χ3n) is 12.6. The van der Waals surface area contributed by atoms with Crippen molar-refractivity contribution in [1.29, 1.82) is 0 Å². The highest BCUT2D eigenvalue weighted by atomic mass is 16.5. The van der Waals surface area contributed by atoms with Crippen LogP contribution in [0.3, 0.4) is 0 Å². The summed E-state index contributed by atoms with van der Waals surface area (Å²) in [6, 6.07) is 55.8. The summed E-state index contributed by atoms with van der Waals surface area (Å²) in [6.45, 7) is 13.5. The van der Waals surface area contributed by atoms with Crippen LogP contribution in [0.4, 0.5) is 0 Å². The molecule has 8 aromatic rings. The lowest BCUT2D eigenvalue weighted by Gasteiger charge is -2.48. The van der Waals surface area contributed by atoms with Crippen molar-refractivity contribution in [1.82, 2.24) is 0 Å². The molecule has 0 bridgehead atoms. The van der Waals surface area contributed by atoms with Crippen LogP contribution in [0.15, 0.2) is 167 Å². The van der Waals surface area contributed by atoms with Gasteiger partial charge in [0.15, 0.2) is 0 Å². The van der Waals surface area contributed by atoms with E-state index in [1.807, 2.05) is 24.3 Å². The Kier molecular flexibility index (Phi) is 7.18. The topological polar surface area (TPSA) is 44.7 Å². The summed E-state index contributed by atoms with van der Waals surface area (Å²) in [5, 5.41) is 0. The number of rotatable bonds is 2. The molecule has 0 radical (unpaired) electrons. The van der Waals surface area contributed by atoms with Crippen LogP contribution < -0.4 is 9.47 Å². The molecule has 0 N–H and O–H groups in total. The van der Waals surface area contributed by atoms with Gasteiger partial charge in [-0.2, -0.15) is 0 Å². The Morgan fingerprint density at radius 3 is 0.931 bits per heavy atom. The Hall–Kier alpha value is -6.52. The zero-order valence-corrected chi connectivity index (χ0v) is 33.6. The minimum absolute atomic E-state index is 0.0132. The molecule has 4 heteroatoms. The lowest BCUT2D eigenvalue weighted by molar-refractivity contribution is 0.353. The minimum Gasteiger partial charge on any atom is -0.459 e. The molecule has 6 aromatic carbocycles. The molecule has 0 saturated carbocycles. The molecule has 11 rings (SSSR count). The fraction of sp³-hybridized carbons (Fsp3) is 0.185. The van der Waals surface area contributed by atoms with Gasteiger partial charge in [0.1, 0.15) is 56.9 Å². The average Bonchev–Trinajstić information content (AvgIpc) is 3.89. The molecular weight excluding hydrogens is 713 g/mol. The highest BCUT2D eigenvalue weighted by Gasteiger charge is 2.63. The van der Waals surface area contributed by atoms with Crippen molar-refractivity contribution in [2.75, 3.05) is 0 Å². The molecule has 3 aliphatic rings. The van der Waals surface area contributed by atoms with Crippen LogP contribution in [-0.4, -0.2) is 0 Å². The van der Waals surface area contributed by atoms with Crippen LogP contribution in [0.25, 0.3) is 22.6 Å². The first-order chi connectivity index (χ1) is 28.0. The third-order valence-corrected chi connectivity index (χ3v) is 12.6. The van der Waals surface area contributed by atoms with Gasteiger partial charge in [0.2, 0.25) is 0 Å². The predicted octanol–water partition coefficient (Wildman–Crippen LogP) is 14.1. The van der Waals surface area contributed by atoms with Gasteiger partial charge in [0, 0.05) is 44.5 Å². The van der Waals surface area contributed by atoms with Crippen molar-refractivity contribution in [2.45, 2.75) is 63.2 Å². The molecule has 0 atom stereocenters. The lowest BCUT2D eigenvalue weighted by atomic mass is 9.53. The smallest absolute Gasteiger partial charge is 0.134 e. The quantitative estimate of drug-likeness (QED) is 0.176. The average molecular weight is 757 g/mol. The summed E-state index contributed by atoms with van der Waals surface area (Å²) in [5.74, 6) is 6.38. The van der Waals surface area contributed by atoms with E-state index in [1.54, 1.807) is 0 Å². The van der Waals surface area contributed by atoms with Crippen molar-refractivity contribution in [3.63, 3.8) is 0 Å². The van der Waals surface area contributed by atoms with Crippen molar-refractivity contribution in [3.05, 3.63) is 214 Å². The fourth-order valence-corrected chi connectivity index (χ4v) is 9.75. The number of hydrogen-bond acceptors (Lipinski definition) is 4. The summed E-state index contributed by atoms with van der Waals surface area (Å²) in [6.07, 6.45) is 0. The molecule has 0 fully saturated rings. The molecule has 4 nitrogen and oxygen atoms in total. The summed E-state index contributed by atoms with van der Waals surface area (Å²) >= 11 is 0. The number of para-hydroxylation sites is 4. The maximum atomic E-state index is 7.57. The first kappa shape index (κ1) is 34.7. The van der Waals surface area contributed by atoms with Crippen LogP contribution in [0.2, 0.25) is 0 Å². The molecule has 2 aliphatic heterocycles. The number of furan rings is 2. The fourth-order valence-electron chi connectivity index (χ4n) is 9.75. The van der Waals surface area contributed by atoms with Crippen LogP contribution in [0.1, 0.15) is 97.6 Å². The highest BCUT2D eigenvalue weighted by molar-refractivity contribution is 5.82. The molecule has 58 heavy (non-hydrogen) atoms. The number of fused-ring (bicyclic) bond motifs is 14. The maximum Gasteiger partial charge on any atom is 0.134 e. The number of benzene rings is 6. The monoisotopic (exact) mass is 756 g/mol. The van der Waals surface area contributed by atoms with Crippen molar-refractivity contribution >= 4 is 0 Å². The molecule has 284 valence electrons. The molecule has 1 aliphatic carbocycles. The summed E-state index contributed by atoms with van der Waals surface area (Å²) in [7, 11) is 0. The van der Waals surface area contributed by atoms with E-state index in [9.17, 15) is 0 Å². The van der Waals surface area contributed by atoms with Gasteiger partial charge in [0.25, 0.3) is 0 Å². The van der Waals surface area contributed by atoms with Gasteiger partial charge in [-0.3, -0.25) is 0 Å². The number of ether oxygens (including phenoxy) is 2. The molecule has 4 heterocycles. The van der Waals surface area contributed by atoms with E-state index in [-0.39, 0.29) is 10.8 Å². The van der Waals surface area contributed by atoms with Crippen LogP contribution in [0, 0.1) is 0 Å². The first-order valence-corrected chi connectivity index (χ1v) is 20.2. The standard InChI is InChI=1S/C54H44O4/c1-51(2,3)35-27-23-33(24-28-35)47-31-41-49(57-47)54(39-17-9-13-21-45(39)56-46-22-14-10-18-40(46)54)42-32-48(34-25-29-36(30-26-34)52(4,5)6)58-50(42)53(41)37-15-7-11-19-43(37)55-44-20-12-8-16-38(44)53/h7-32H,1-6H3. The summed E-state index contributed by atoms with van der Waals surface area (Å²) in [5.41, 5.74) is 8.69. The van der Waals surface area contributed by atoms with Gasteiger partial charge in [-0.15, -0.1) is 0 Å². The second kappa shape index (κ2) is 12.0. The zero-order chi connectivity index (χ0) is 39.6. The van der Waals surface area contributed by atoms with Gasteiger partial charge in [-0.25, -0.2) is 0 Å². The maximum absolute atomic E-state index is 7.57. The zero-order valence-electron chi connectivity index (χ0n) is 33.6. The van der Waals surface area contributed by atoms with Gasteiger partial charge < -0.3 is 18.3 Å². The molecule has 0 amide bonds. The Morgan fingerprint density at radius 2 is 0.638 bits per heavy atom. The molecule has 2 spiro atoms. The SMILES string of the molecule is CC(C)(C)c1ccc(-c2cc3c(o2)C2(c4ccccc4Oc4ccccc42)c2cc(-c4ccc(C(C)(C)C)cc4)oc2C32c3ccccc3Oc3ccccc32)cc1.